The predicted molar refractivity (Wildman–Crippen MR) is 37.1 cm³/mol. The Kier molecular flexibility index (Phi) is 0.945. The first kappa shape index (κ1) is 5.69. The molecule has 3 N–H and O–H groups in total. The van der Waals surface area contributed by atoms with Gasteiger partial charge in [-0.3, -0.25) is 0 Å². The maximum Gasteiger partial charge on any atom is 0.00907 e. The molecule has 2 aliphatic rings. The van der Waals surface area contributed by atoms with Gasteiger partial charge in [0.2, 0.25) is 0 Å². The van der Waals surface area contributed by atoms with Crippen LogP contribution in [0.15, 0.2) is 0 Å². The van der Waals surface area contributed by atoms with Gasteiger partial charge in [-0.05, 0) is 17.8 Å². The lowest BCUT2D eigenvalue weighted by Gasteiger charge is -2.46. The number of fused-ring (bicyclic) bond motifs is 1. The number of nitrogens with one attached hydrogen (secondary N) is 1. The van der Waals surface area contributed by atoms with E-state index >= 15 is 0 Å². The van der Waals surface area contributed by atoms with Gasteiger partial charge in [0.05, 0.1) is 0 Å². The molecule has 0 unspecified atom stereocenters. The maximum absolute atomic E-state index is 5.81. The molecule has 2 nitrogen and oxygen atoms in total. The highest BCUT2D eigenvalue weighted by Crippen LogP contribution is 2.47. The summed E-state index contributed by atoms with van der Waals surface area (Å²) < 4.78 is 0. The molecule has 1 heterocycles. The number of hydrogen-bond donors (Lipinski definition) is 2. The van der Waals surface area contributed by atoms with E-state index in [2.05, 4.69) is 12.2 Å². The standard InChI is InChI=1S/C7H14N2/c1-7-2-6(8)5(7)3-9-4-7/h5-6,9H,2-4,8H2,1H3/t5-,6+,7-/m1/s1. The molecule has 0 bridgehead atoms. The molecule has 9 heavy (non-hydrogen) atoms. The highest BCUT2D eigenvalue weighted by atomic mass is 15.0. The highest BCUT2D eigenvalue weighted by molar-refractivity contribution is 5.07. The van der Waals surface area contributed by atoms with Crippen molar-refractivity contribution in [3.05, 3.63) is 0 Å². The lowest BCUT2D eigenvalue weighted by molar-refractivity contribution is 0.0770. The summed E-state index contributed by atoms with van der Waals surface area (Å²) >= 11 is 0. The van der Waals surface area contributed by atoms with Crippen molar-refractivity contribution >= 4 is 0 Å². The molecule has 2 rings (SSSR count). The quantitative estimate of drug-likeness (QED) is 0.477. The summed E-state index contributed by atoms with van der Waals surface area (Å²) in [6.45, 7) is 4.67. The van der Waals surface area contributed by atoms with Gasteiger partial charge in [0.1, 0.15) is 0 Å². The molecule has 0 aromatic heterocycles. The number of rotatable bonds is 0. The van der Waals surface area contributed by atoms with Crippen LogP contribution in [0, 0.1) is 11.3 Å². The molecule has 0 amide bonds. The van der Waals surface area contributed by atoms with Gasteiger partial charge in [-0.2, -0.15) is 0 Å². The van der Waals surface area contributed by atoms with Crippen LogP contribution in [-0.4, -0.2) is 19.1 Å². The molecule has 1 saturated carbocycles. The zero-order chi connectivity index (χ0) is 6.48. The third-order valence-corrected chi connectivity index (χ3v) is 3.01. The van der Waals surface area contributed by atoms with Crippen molar-refractivity contribution in [2.45, 2.75) is 19.4 Å². The molecule has 2 fully saturated rings. The van der Waals surface area contributed by atoms with Crippen molar-refractivity contribution in [3.63, 3.8) is 0 Å². The van der Waals surface area contributed by atoms with Gasteiger partial charge in [-0.25, -0.2) is 0 Å². The smallest absolute Gasteiger partial charge is 0.00907 e. The summed E-state index contributed by atoms with van der Waals surface area (Å²) in [6.07, 6.45) is 1.23. The largest absolute Gasteiger partial charge is 0.327 e. The van der Waals surface area contributed by atoms with E-state index in [4.69, 9.17) is 5.73 Å². The molecule has 0 radical (unpaired) electrons. The van der Waals surface area contributed by atoms with E-state index in [0.29, 0.717) is 11.5 Å². The lowest BCUT2D eigenvalue weighted by atomic mass is 9.60. The molecular formula is C7H14N2. The fourth-order valence-corrected chi connectivity index (χ4v) is 2.30. The summed E-state index contributed by atoms with van der Waals surface area (Å²) in [7, 11) is 0. The van der Waals surface area contributed by atoms with Crippen molar-refractivity contribution in [2.75, 3.05) is 13.1 Å². The molecule has 1 aliphatic heterocycles. The van der Waals surface area contributed by atoms with Crippen LogP contribution in [0.5, 0.6) is 0 Å². The van der Waals surface area contributed by atoms with Gasteiger partial charge >= 0.3 is 0 Å². The first-order valence-electron chi connectivity index (χ1n) is 3.69. The molecular weight excluding hydrogens is 112 g/mol. The minimum atomic E-state index is 0.491. The Labute approximate surface area is 55.8 Å². The van der Waals surface area contributed by atoms with Gasteiger partial charge in [0, 0.05) is 19.1 Å². The van der Waals surface area contributed by atoms with Crippen molar-refractivity contribution in [1.82, 2.24) is 5.32 Å². The van der Waals surface area contributed by atoms with Crippen molar-refractivity contribution < 1.29 is 0 Å². The second-order valence-corrected chi connectivity index (χ2v) is 3.76. The molecule has 1 aliphatic carbocycles. The number of nitrogens with two attached hydrogens (primary N) is 1. The van der Waals surface area contributed by atoms with Crippen LogP contribution < -0.4 is 11.1 Å². The first-order chi connectivity index (χ1) is 4.22. The Bertz CT molecular complexity index is 135. The van der Waals surface area contributed by atoms with E-state index in [-0.39, 0.29) is 0 Å². The van der Waals surface area contributed by atoms with Gasteiger partial charge in [0.25, 0.3) is 0 Å². The van der Waals surface area contributed by atoms with Crippen LogP contribution in [0.1, 0.15) is 13.3 Å². The van der Waals surface area contributed by atoms with Crippen molar-refractivity contribution in [2.24, 2.45) is 17.1 Å². The zero-order valence-electron chi connectivity index (χ0n) is 5.85. The second-order valence-electron chi connectivity index (χ2n) is 3.76. The first-order valence-corrected chi connectivity index (χ1v) is 3.69. The molecule has 2 heteroatoms. The zero-order valence-corrected chi connectivity index (χ0v) is 5.85. The molecule has 52 valence electrons. The molecule has 0 aromatic carbocycles. The predicted octanol–water partition coefficient (Wildman–Crippen LogP) is -0.0569. The van der Waals surface area contributed by atoms with Gasteiger partial charge in [-0.15, -0.1) is 0 Å². The minimum Gasteiger partial charge on any atom is -0.327 e. The molecule has 3 atom stereocenters. The SMILES string of the molecule is C[C@@]12CNC[C@@H]1[C@@H](N)C2. The average molecular weight is 126 g/mol. The molecule has 1 saturated heterocycles. The van der Waals surface area contributed by atoms with Crippen LogP contribution in [0.4, 0.5) is 0 Å². The van der Waals surface area contributed by atoms with E-state index in [1.165, 1.54) is 13.0 Å². The average Bonchev–Trinajstić information content (AvgIpc) is 2.06. The third kappa shape index (κ3) is 0.578. The van der Waals surface area contributed by atoms with E-state index in [9.17, 15) is 0 Å². The maximum atomic E-state index is 5.81. The fraction of sp³-hybridized carbons (Fsp3) is 1.00. The molecule has 0 spiro atoms. The highest BCUT2D eigenvalue weighted by Gasteiger charge is 2.51. The third-order valence-electron chi connectivity index (χ3n) is 3.01. The topological polar surface area (TPSA) is 38.0 Å². The molecule has 0 aromatic rings. The Balaban J connectivity index is 2.13. The minimum absolute atomic E-state index is 0.491. The monoisotopic (exact) mass is 126 g/mol. The van der Waals surface area contributed by atoms with Crippen LogP contribution in [-0.2, 0) is 0 Å². The summed E-state index contributed by atoms with van der Waals surface area (Å²) in [5.41, 5.74) is 6.38. The lowest BCUT2D eigenvalue weighted by Crippen LogP contribution is -2.53. The van der Waals surface area contributed by atoms with E-state index < -0.39 is 0 Å². The van der Waals surface area contributed by atoms with Crippen LogP contribution in [0.2, 0.25) is 0 Å². The normalized spacial score (nSPS) is 56.7. The van der Waals surface area contributed by atoms with Crippen molar-refractivity contribution in [3.8, 4) is 0 Å². The van der Waals surface area contributed by atoms with E-state index in [1.807, 2.05) is 0 Å². The van der Waals surface area contributed by atoms with Crippen LogP contribution in [0.3, 0.4) is 0 Å². The van der Waals surface area contributed by atoms with Gasteiger partial charge in [-0.1, -0.05) is 6.92 Å². The van der Waals surface area contributed by atoms with Gasteiger partial charge in [0.15, 0.2) is 0 Å². The van der Waals surface area contributed by atoms with Gasteiger partial charge < -0.3 is 11.1 Å². The van der Waals surface area contributed by atoms with Crippen LogP contribution in [0.25, 0.3) is 0 Å². The van der Waals surface area contributed by atoms with E-state index in [1.54, 1.807) is 0 Å². The summed E-state index contributed by atoms with van der Waals surface area (Å²) in [5, 5.41) is 3.38. The summed E-state index contributed by atoms with van der Waals surface area (Å²) in [4.78, 5) is 0. The Morgan fingerprint density at radius 2 is 2.44 bits per heavy atom. The summed E-state index contributed by atoms with van der Waals surface area (Å²) in [6, 6.07) is 0.491. The number of hydrogen-bond acceptors (Lipinski definition) is 2. The van der Waals surface area contributed by atoms with Crippen LogP contribution >= 0.6 is 0 Å². The second kappa shape index (κ2) is 1.50. The fourth-order valence-electron chi connectivity index (χ4n) is 2.30. The van der Waals surface area contributed by atoms with E-state index in [0.717, 1.165) is 12.5 Å². The Morgan fingerprint density at radius 1 is 1.67 bits per heavy atom. The Hall–Kier alpha value is -0.0800. The summed E-state index contributed by atoms with van der Waals surface area (Å²) in [5.74, 6) is 0.775. The Morgan fingerprint density at radius 3 is 2.89 bits per heavy atom. The van der Waals surface area contributed by atoms with Crippen molar-refractivity contribution in [1.29, 1.82) is 0 Å².